The van der Waals surface area contributed by atoms with Gasteiger partial charge in [0.25, 0.3) is 0 Å². The Kier molecular flexibility index (Phi) is 2.92. The Morgan fingerprint density at radius 3 is 1.70 bits per heavy atom. The molecule has 4 heteroatoms. The highest BCUT2D eigenvalue weighted by atomic mass is 32.2. The Bertz CT molecular complexity index is 169. The van der Waals surface area contributed by atoms with Crippen molar-refractivity contribution in [1.29, 1.82) is 10.5 Å². The van der Waals surface area contributed by atoms with E-state index in [1.807, 2.05) is 0 Å². The van der Waals surface area contributed by atoms with Crippen molar-refractivity contribution in [2.45, 2.75) is 10.5 Å². The second-order valence-electron chi connectivity index (χ2n) is 1.84. The quantitative estimate of drug-likeness (QED) is 0.549. The Morgan fingerprint density at radius 2 is 1.40 bits per heavy atom. The van der Waals surface area contributed by atoms with Crippen molar-refractivity contribution >= 4 is 23.5 Å². The number of nitrogens with zero attached hydrogens (tertiary/aromatic N) is 2. The van der Waals surface area contributed by atoms with E-state index in [-0.39, 0.29) is 10.5 Å². The molecule has 2 atom stereocenters. The van der Waals surface area contributed by atoms with Crippen LogP contribution in [-0.2, 0) is 0 Å². The van der Waals surface area contributed by atoms with Crippen molar-refractivity contribution in [3.05, 3.63) is 0 Å². The average Bonchev–Trinajstić information content (AvgIpc) is 2.04. The van der Waals surface area contributed by atoms with Crippen molar-refractivity contribution in [3.63, 3.8) is 0 Å². The van der Waals surface area contributed by atoms with E-state index in [1.54, 1.807) is 23.5 Å². The van der Waals surface area contributed by atoms with Crippen LogP contribution in [0, 0.1) is 22.7 Å². The summed E-state index contributed by atoms with van der Waals surface area (Å²) in [7, 11) is 0. The maximum absolute atomic E-state index is 8.56. The van der Waals surface area contributed by atoms with Gasteiger partial charge in [0, 0.05) is 11.5 Å². The second kappa shape index (κ2) is 3.75. The molecule has 1 saturated heterocycles. The van der Waals surface area contributed by atoms with Crippen molar-refractivity contribution in [2.75, 3.05) is 11.5 Å². The first-order chi connectivity index (χ1) is 4.88. The van der Waals surface area contributed by atoms with Crippen LogP contribution < -0.4 is 0 Å². The zero-order chi connectivity index (χ0) is 7.40. The SMILES string of the molecule is N#CC1SCCSC1C#N. The molecular formula is C6H6N2S2. The highest BCUT2D eigenvalue weighted by Gasteiger charge is 2.25. The van der Waals surface area contributed by atoms with E-state index in [0.29, 0.717) is 0 Å². The molecule has 10 heavy (non-hydrogen) atoms. The Morgan fingerprint density at radius 1 is 1.00 bits per heavy atom. The first-order valence-corrected chi connectivity index (χ1v) is 5.00. The Hall–Kier alpha value is -0.320. The van der Waals surface area contributed by atoms with Crippen LogP contribution >= 0.6 is 23.5 Å². The third kappa shape index (κ3) is 1.59. The van der Waals surface area contributed by atoms with E-state index < -0.39 is 0 Å². The van der Waals surface area contributed by atoms with Crippen molar-refractivity contribution in [2.24, 2.45) is 0 Å². The normalized spacial score (nSPS) is 32.2. The van der Waals surface area contributed by atoms with Gasteiger partial charge in [-0.15, -0.1) is 23.5 Å². The molecular weight excluding hydrogens is 164 g/mol. The van der Waals surface area contributed by atoms with Gasteiger partial charge in [-0.1, -0.05) is 0 Å². The molecule has 0 amide bonds. The van der Waals surface area contributed by atoms with Gasteiger partial charge >= 0.3 is 0 Å². The topological polar surface area (TPSA) is 47.6 Å². The molecule has 0 aliphatic carbocycles. The van der Waals surface area contributed by atoms with Crippen molar-refractivity contribution in [3.8, 4) is 12.1 Å². The lowest BCUT2D eigenvalue weighted by Crippen LogP contribution is -2.22. The molecule has 1 rings (SSSR count). The van der Waals surface area contributed by atoms with Gasteiger partial charge in [-0.25, -0.2) is 0 Å². The minimum Gasteiger partial charge on any atom is -0.197 e. The maximum Gasteiger partial charge on any atom is 0.117 e. The van der Waals surface area contributed by atoms with E-state index in [9.17, 15) is 0 Å². The van der Waals surface area contributed by atoms with Crippen LogP contribution in [0.2, 0.25) is 0 Å². The molecule has 0 saturated carbocycles. The fraction of sp³-hybridized carbons (Fsp3) is 0.667. The van der Waals surface area contributed by atoms with Gasteiger partial charge in [0.1, 0.15) is 10.5 Å². The standard InChI is InChI=1S/C6H6N2S2/c7-3-5-6(4-8)10-2-1-9-5/h5-6H,1-2H2. The summed E-state index contributed by atoms with van der Waals surface area (Å²) in [5, 5.41) is 16.9. The van der Waals surface area contributed by atoms with E-state index >= 15 is 0 Å². The van der Waals surface area contributed by atoms with Gasteiger partial charge in [-0.3, -0.25) is 0 Å². The molecule has 1 aliphatic heterocycles. The molecule has 0 bridgehead atoms. The minimum absolute atomic E-state index is 0.108. The molecule has 0 aromatic heterocycles. The maximum atomic E-state index is 8.56. The molecule has 0 aromatic carbocycles. The van der Waals surface area contributed by atoms with Crippen molar-refractivity contribution < 1.29 is 0 Å². The van der Waals surface area contributed by atoms with Crippen molar-refractivity contribution in [1.82, 2.24) is 0 Å². The van der Waals surface area contributed by atoms with Crippen LogP contribution in [0.4, 0.5) is 0 Å². The van der Waals surface area contributed by atoms with E-state index in [0.717, 1.165) is 11.5 Å². The highest BCUT2D eigenvalue weighted by Crippen LogP contribution is 2.29. The zero-order valence-electron chi connectivity index (χ0n) is 5.28. The van der Waals surface area contributed by atoms with Crippen LogP contribution in [0.5, 0.6) is 0 Å². The molecule has 0 spiro atoms. The summed E-state index contributed by atoms with van der Waals surface area (Å²) in [6.07, 6.45) is 0. The van der Waals surface area contributed by atoms with Crippen LogP contribution in [0.3, 0.4) is 0 Å². The Labute approximate surface area is 68.6 Å². The van der Waals surface area contributed by atoms with Gasteiger partial charge in [0.05, 0.1) is 12.1 Å². The van der Waals surface area contributed by atoms with E-state index in [4.69, 9.17) is 10.5 Å². The summed E-state index contributed by atoms with van der Waals surface area (Å²) in [6, 6.07) is 4.25. The average molecular weight is 170 g/mol. The molecule has 2 nitrogen and oxygen atoms in total. The largest absolute Gasteiger partial charge is 0.197 e. The van der Waals surface area contributed by atoms with E-state index in [1.165, 1.54) is 0 Å². The van der Waals surface area contributed by atoms with Gasteiger partial charge in [-0.05, 0) is 0 Å². The van der Waals surface area contributed by atoms with E-state index in [2.05, 4.69) is 12.1 Å². The lowest BCUT2D eigenvalue weighted by atomic mass is 10.3. The molecule has 2 unspecified atom stereocenters. The number of hydrogen-bond donors (Lipinski definition) is 0. The predicted molar refractivity (Wildman–Crippen MR) is 43.7 cm³/mol. The monoisotopic (exact) mass is 170 g/mol. The molecule has 0 N–H and O–H groups in total. The van der Waals surface area contributed by atoms with Crippen LogP contribution in [-0.4, -0.2) is 22.0 Å². The Balaban J connectivity index is 2.54. The summed E-state index contributed by atoms with van der Waals surface area (Å²) >= 11 is 3.18. The highest BCUT2D eigenvalue weighted by molar-refractivity contribution is 8.07. The summed E-state index contributed by atoms with van der Waals surface area (Å²) in [4.78, 5) is 0. The van der Waals surface area contributed by atoms with Gasteiger partial charge < -0.3 is 0 Å². The molecule has 1 heterocycles. The third-order valence-corrected chi connectivity index (χ3v) is 3.99. The van der Waals surface area contributed by atoms with Gasteiger partial charge in [0.2, 0.25) is 0 Å². The number of thioether (sulfide) groups is 2. The zero-order valence-corrected chi connectivity index (χ0v) is 6.91. The molecule has 1 aliphatic rings. The lowest BCUT2D eigenvalue weighted by Gasteiger charge is -2.19. The third-order valence-electron chi connectivity index (χ3n) is 1.21. The smallest absolute Gasteiger partial charge is 0.117 e. The lowest BCUT2D eigenvalue weighted by molar-refractivity contribution is 1.09. The van der Waals surface area contributed by atoms with Crippen LogP contribution in [0.25, 0.3) is 0 Å². The summed E-state index contributed by atoms with van der Waals surface area (Å²) in [5.74, 6) is 2.00. The van der Waals surface area contributed by atoms with Crippen LogP contribution in [0.1, 0.15) is 0 Å². The molecule has 0 radical (unpaired) electrons. The van der Waals surface area contributed by atoms with Gasteiger partial charge in [-0.2, -0.15) is 10.5 Å². The number of nitriles is 2. The molecule has 0 aromatic rings. The summed E-state index contributed by atoms with van der Waals surface area (Å²) in [5.41, 5.74) is 0. The minimum atomic E-state index is -0.108. The van der Waals surface area contributed by atoms with Crippen LogP contribution in [0.15, 0.2) is 0 Å². The molecule has 52 valence electrons. The second-order valence-corrected chi connectivity index (χ2v) is 4.34. The summed E-state index contributed by atoms with van der Waals surface area (Å²) < 4.78 is 0. The predicted octanol–water partition coefficient (Wildman–Crippen LogP) is 1.25. The van der Waals surface area contributed by atoms with Gasteiger partial charge in [0.15, 0.2) is 0 Å². The summed E-state index contributed by atoms with van der Waals surface area (Å²) in [6.45, 7) is 0. The first-order valence-electron chi connectivity index (χ1n) is 2.91. The number of hydrogen-bond acceptors (Lipinski definition) is 4. The first kappa shape index (κ1) is 7.78. The fourth-order valence-electron chi connectivity index (χ4n) is 0.735. The fourth-order valence-corrected chi connectivity index (χ4v) is 3.10. The number of rotatable bonds is 0. The molecule has 1 fully saturated rings.